The van der Waals surface area contributed by atoms with Crippen molar-refractivity contribution < 1.29 is 38.7 Å². The summed E-state index contributed by atoms with van der Waals surface area (Å²) in [7, 11) is 3.51. The van der Waals surface area contributed by atoms with Crippen LogP contribution in [-0.2, 0) is 28.5 Å². The van der Waals surface area contributed by atoms with Crippen LogP contribution in [0.2, 0.25) is 0 Å². The molecular weight excluding hydrogens is 394 g/mol. The van der Waals surface area contributed by atoms with Crippen LogP contribution >= 0.6 is 0 Å². The third-order valence-electron chi connectivity index (χ3n) is 4.36. The molecular formula is C21H41NO8. The van der Waals surface area contributed by atoms with Gasteiger partial charge in [-0.05, 0) is 32.7 Å². The number of aliphatic hydroxyl groups is 2. The number of hydrogen-bond donors (Lipinski definition) is 2. The lowest BCUT2D eigenvalue weighted by molar-refractivity contribution is -0.160. The summed E-state index contributed by atoms with van der Waals surface area (Å²) in [6.07, 6.45) is 4.65. The summed E-state index contributed by atoms with van der Waals surface area (Å²) in [4.78, 5) is 26.0. The van der Waals surface area contributed by atoms with Crippen molar-refractivity contribution in [2.75, 3.05) is 66.9 Å². The van der Waals surface area contributed by atoms with Crippen LogP contribution in [0, 0.1) is 0 Å². The minimum Gasteiger partial charge on any atom is -0.462 e. The fourth-order valence-electron chi connectivity index (χ4n) is 2.70. The van der Waals surface area contributed by atoms with Crippen LogP contribution in [0.4, 0.5) is 0 Å². The van der Waals surface area contributed by atoms with Gasteiger partial charge in [-0.2, -0.15) is 0 Å². The number of ether oxygens (including phenoxy) is 4. The molecule has 0 radical (unpaired) electrons. The van der Waals surface area contributed by atoms with Crippen LogP contribution in [0.3, 0.4) is 0 Å². The topological polar surface area (TPSA) is 115 Å². The molecule has 0 aromatic heterocycles. The summed E-state index contributed by atoms with van der Waals surface area (Å²) >= 11 is 0. The third-order valence-corrected chi connectivity index (χ3v) is 4.36. The van der Waals surface area contributed by atoms with Gasteiger partial charge in [0.25, 0.3) is 0 Å². The van der Waals surface area contributed by atoms with Gasteiger partial charge in [-0.25, -0.2) is 0 Å². The Morgan fingerprint density at radius 3 is 2.23 bits per heavy atom. The van der Waals surface area contributed by atoms with Gasteiger partial charge in [0.15, 0.2) is 0 Å². The third kappa shape index (κ3) is 18.7. The fourth-order valence-corrected chi connectivity index (χ4v) is 2.70. The number of carbonyl (C=O) groups is 2. The van der Waals surface area contributed by atoms with Crippen molar-refractivity contribution in [3.8, 4) is 0 Å². The minimum absolute atomic E-state index is 0.0150. The Labute approximate surface area is 180 Å². The summed E-state index contributed by atoms with van der Waals surface area (Å²) in [6.45, 7) is 2.51. The summed E-state index contributed by atoms with van der Waals surface area (Å²) in [5.74, 6) is -0.635. The van der Waals surface area contributed by atoms with Crippen molar-refractivity contribution in [3.63, 3.8) is 0 Å². The molecule has 9 nitrogen and oxygen atoms in total. The molecule has 0 aliphatic rings. The average molecular weight is 436 g/mol. The second-order valence-electron chi connectivity index (χ2n) is 7.23. The van der Waals surface area contributed by atoms with E-state index in [0.717, 1.165) is 25.7 Å². The molecule has 0 bridgehead atoms. The molecule has 2 N–H and O–H groups in total. The second-order valence-corrected chi connectivity index (χ2v) is 7.23. The largest absolute Gasteiger partial charge is 0.462 e. The molecule has 0 amide bonds. The Balaban J connectivity index is 4.36. The maximum Gasteiger partial charge on any atom is 0.306 e. The molecule has 0 aromatic carbocycles. The van der Waals surface area contributed by atoms with Crippen LogP contribution in [0.25, 0.3) is 0 Å². The Kier molecular flexibility index (Phi) is 20.1. The monoisotopic (exact) mass is 435 g/mol. The van der Waals surface area contributed by atoms with Gasteiger partial charge in [-0.3, -0.25) is 9.59 Å². The molecule has 0 fully saturated rings. The minimum atomic E-state index is -0.560. The van der Waals surface area contributed by atoms with Gasteiger partial charge in [0.05, 0.1) is 19.8 Å². The van der Waals surface area contributed by atoms with E-state index in [1.54, 1.807) is 7.11 Å². The lowest BCUT2D eigenvalue weighted by Crippen LogP contribution is -2.38. The highest BCUT2D eigenvalue weighted by Gasteiger charge is 2.19. The number of methoxy groups -OCH3 is 1. The quantitative estimate of drug-likeness (QED) is 0.202. The number of carbonyl (C=O) groups excluding carboxylic acids is 2. The first-order valence-corrected chi connectivity index (χ1v) is 10.9. The number of nitrogens with zero attached hydrogens (tertiary/aromatic N) is 1. The Bertz CT molecular complexity index is 422. The summed E-state index contributed by atoms with van der Waals surface area (Å²) < 4.78 is 21.1. The van der Waals surface area contributed by atoms with Crippen LogP contribution < -0.4 is 0 Å². The first kappa shape index (κ1) is 28.7. The predicted molar refractivity (Wildman–Crippen MR) is 112 cm³/mol. The van der Waals surface area contributed by atoms with E-state index in [0.29, 0.717) is 45.6 Å². The van der Waals surface area contributed by atoms with E-state index < -0.39 is 6.10 Å². The van der Waals surface area contributed by atoms with Gasteiger partial charge in [0, 0.05) is 46.3 Å². The maximum absolute atomic E-state index is 12.1. The summed E-state index contributed by atoms with van der Waals surface area (Å²) in [5.41, 5.74) is 0. The smallest absolute Gasteiger partial charge is 0.306 e. The molecule has 0 saturated heterocycles. The van der Waals surface area contributed by atoms with Crippen molar-refractivity contribution in [1.29, 1.82) is 0 Å². The zero-order valence-corrected chi connectivity index (χ0v) is 18.7. The summed E-state index contributed by atoms with van der Waals surface area (Å²) in [6, 6.07) is 0. The lowest BCUT2D eigenvalue weighted by atomic mass is 10.2. The Morgan fingerprint density at radius 2 is 1.57 bits per heavy atom. The number of hydrogen-bond acceptors (Lipinski definition) is 9. The number of esters is 2. The van der Waals surface area contributed by atoms with Crippen LogP contribution in [0.1, 0.15) is 51.4 Å². The zero-order valence-electron chi connectivity index (χ0n) is 18.7. The Hall–Kier alpha value is -1.26. The van der Waals surface area contributed by atoms with Crippen molar-refractivity contribution >= 4 is 11.9 Å². The number of likely N-dealkylation sites (N-methyl/N-ethyl adjacent to an activating group) is 1. The predicted octanol–water partition coefficient (Wildman–Crippen LogP) is 1.14. The lowest BCUT2D eigenvalue weighted by Gasteiger charge is -2.24. The van der Waals surface area contributed by atoms with Crippen LogP contribution in [-0.4, -0.2) is 100 Å². The highest BCUT2D eigenvalue weighted by atomic mass is 16.6. The molecule has 30 heavy (non-hydrogen) atoms. The normalized spacial score (nSPS) is 12.2. The first-order chi connectivity index (χ1) is 14.5. The summed E-state index contributed by atoms with van der Waals surface area (Å²) in [5, 5.41) is 17.5. The van der Waals surface area contributed by atoms with E-state index >= 15 is 0 Å². The van der Waals surface area contributed by atoms with Gasteiger partial charge in [-0.1, -0.05) is 12.8 Å². The van der Waals surface area contributed by atoms with Crippen molar-refractivity contribution in [3.05, 3.63) is 0 Å². The average Bonchev–Trinajstić information content (AvgIpc) is 2.72. The van der Waals surface area contributed by atoms with Crippen molar-refractivity contribution in [1.82, 2.24) is 4.90 Å². The fraction of sp³-hybridized carbons (Fsp3) is 0.905. The molecule has 0 aliphatic carbocycles. The maximum atomic E-state index is 12.1. The molecule has 0 aromatic rings. The van der Waals surface area contributed by atoms with Gasteiger partial charge < -0.3 is 34.1 Å². The first-order valence-electron chi connectivity index (χ1n) is 10.9. The molecule has 178 valence electrons. The standard InChI is InChI=1S/C21H41NO8/c1-22(11-15-28-16-13-24)17-19(30-21(26)10-5-3-7-12-23)18-29-20(25)9-6-4-8-14-27-2/h19,23-24H,3-18H2,1-2H3. The van der Waals surface area contributed by atoms with Gasteiger partial charge >= 0.3 is 11.9 Å². The van der Waals surface area contributed by atoms with Crippen LogP contribution in [0.5, 0.6) is 0 Å². The molecule has 0 rings (SSSR count). The van der Waals surface area contributed by atoms with Crippen molar-refractivity contribution in [2.24, 2.45) is 0 Å². The van der Waals surface area contributed by atoms with E-state index in [9.17, 15) is 9.59 Å². The van der Waals surface area contributed by atoms with E-state index in [1.165, 1.54) is 0 Å². The SMILES string of the molecule is COCCCCCC(=O)OCC(CN(C)CCOCCO)OC(=O)CCCCCO. The molecule has 9 heteroatoms. The van der Waals surface area contributed by atoms with Gasteiger partial charge in [0.1, 0.15) is 12.7 Å². The Morgan fingerprint density at radius 1 is 0.867 bits per heavy atom. The second kappa shape index (κ2) is 21.0. The van der Waals surface area contributed by atoms with Gasteiger partial charge in [-0.15, -0.1) is 0 Å². The highest BCUT2D eigenvalue weighted by Crippen LogP contribution is 2.07. The number of unbranched alkanes of at least 4 members (excludes halogenated alkanes) is 4. The van der Waals surface area contributed by atoms with E-state index in [1.807, 2.05) is 11.9 Å². The zero-order chi connectivity index (χ0) is 22.5. The molecule has 0 saturated carbocycles. The molecule has 0 spiro atoms. The van der Waals surface area contributed by atoms with E-state index in [4.69, 9.17) is 29.2 Å². The molecule has 1 atom stereocenters. The van der Waals surface area contributed by atoms with Gasteiger partial charge in [0.2, 0.25) is 0 Å². The highest BCUT2D eigenvalue weighted by molar-refractivity contribution is 5.70. The van der Waals surface area contributed by atoms with E-state index in [-0.39, 0.29) is 44.8 Å². The number of rotatable bonds is 21. The molecule has 1 unspecified atom stereocenters. The van der Waals surface area contributed by atoms with E-state index in [2.05, 4.69) is 0 Å². The van der Waals surface area contributed by atoms with Crippen LogP contribution in [0.15, 0.2) is 0 Å². The number of aliphatic hydroxyl groups excluding tert-OH is 2. The molecule has 0 heterocycles. The van der Waals surface area contributed by atoms with Crippen molar-refractivity contribution in [2.45, 2.75) is 57.5 Å². The molecule has 0 aliphatic heterocycles.